The predicted octanol–water partition coefficient (Wildman–Crippen LogP) is 4.19. The van der Waals surface area contributed by atoms with E-state index in [1.807, 2.05) is 19.1 Å². The topological polar surface area (TPSA) is 53.6 Å². The van der Waals surface area contributed by atoms with Crippen LogP contribution < -0.4 is 20.3 Å². The molecule has 0 spiro atoms. The van der Waals surface area contributed by atoms with Gasteiger partial charge >= 0.3 is 0 Å². The van der Waals surface area contributed by atoms with Crippen molar-refractivity contribution in [2.75, 3.05) is 29.7 Å². The van der Waals surface area contributed by atoms with Gasteiger partial charge in [0.2, 0.25) is 5.91 Å². The summed E-state index contributed by atoms with van der Waals surface area (Å²) in [5.41, 5.74) is 3.31. The van der Waals surface area contributed by atoms with E-state index in [0.717, 1.165) is 24.1 Å². The molecule has 1 aliphatic heterocycles. The highest BCUT2D eigenvalue weighted by molar-refractivity contribution is 7.80. The van der Waals surface area contributed by atoms with Crippen molar-refractivity contribution in [1.82, 2.24) is 0 Å². The minimum absolute atomic E-state index is 0.0222. The van der Waals surface area contributed by atoms with Crippen molar-refractivity contribution in [3.63, 3.8) is 0 Å². The molecule has 3 rings (SSSR count). The summed E-state index contributed by atoms with van der Waals surface area (Å²) in [6, 6.07) is 9.77. The van der Waals surface area contributed by atoms with Crippen LogP contribution in [0.25, 0.3) is 0 Å². The molecule has 0 radical (unpaired) electrons. The number of hydrogen-bond donors (Lipinski definition) is 2. The monoisotopic (exact) mass is 387 g/mol. The molecule has 1 atom stereocenters. The molecular formula is C20H22FN3O2S. The third kappa shape index (κ3) is 4.19. The summed E-state index contributed by atoms with van der Waals surface area (Å²) in [5.74, 6) is 0.363. The summed E-state index contributed by atoms with van der Waals surface area (Å²) in [5, 5.41) is 6.52. The molecule has 0 aromatic heterocycles. The maximum absolute atomic E-state index is 13.0. The Balaban J connectivity index is 1.84. The third-order valence-electron chi connectivity index (χ3n) is 4.71. The smallest absolute Gasteiger partial charge is 0.229 e. The van der Waals surface area contributed by atoms with Gasteiger partial charge in [-0.2, -0.15) is 0 Å². The molecule has 0 aliphatic carbocycles. The highest BCUT2D eigenvalue weighted by Crippen LogP contribution is 2.37. The number of nitrogens with one attached hydrogen (secondary N) is 2. The number of fused-ring (bicyclic) bond motifs is 1. The summed E-state index contributed by atoms with van der Waals surface area (Å²) in [6.07, 6.45) is 1.59. The highest BCUT2D eigenvalue weighted by atomic mass is 32.1. The van der Waals surface area contributed by atoms with Gasteiger partial charge in [-0.05, 0) is 61.0 Å². The highest BCUT2D eigenvalue weighted by Gasteiger charge is 2.26. The number of carbonyl (C=O) groups excluding carboxylic acids is 1. The van der Waals surface area contributed by atoms with E-state index in [1.54, 1.807) is 31.2 Å². The van der Waals surface area contributed by atoms with Crippen LogP contribution in [0.15, 0.2) is 36.4 Å². The van der Waals surface area contributed by atoms with Crippen LogP contribution in [-0.2, 0) is 11.2 Å². The molecule has 0 bridgehead atoms. The molecule has 7 heteroatoms. The number of halogens is 1. The number of rotatable bonds is 3. The van der Waals surface area contributed by atoms with Gasteiger partial charge in [-0.1, -0.05) is 6.92 Å². The van der Waals surface area contributed by atoms with Crippen LogP contribution in [0.1, 0.15) is 18.9 Å². The van der Waals surface area contributed by atoms with Gasteiger partial charge in [0.15, 0.2) is 5.11 Å². The van der Waals surface area contributed by atoms with E-state index < -0.39 is 0 Å². The summed E-state index contributed by atoms with van der Waals surface area (Å²) in [4.78, 5) is 14.1. The average Bonchev–Trinajstić information content (AvgIpc) is 2.75. The summed E-state index contributed by atoms with van der Waals surface area (Å²) < 4.78 is 18.5. The quantitative estimate of drug-likeness (QED) is 0.774. The fourth-order valence-corrected chi connectivity index (χ4v) is 3.38. The van der Waals surface area contributed by atoms with Gasteiger partial charge in [0.1, 0.15) is 11.6 Å². The first-order valence-corrected chi connectivity index (χ1v) is 9.12. The number of thiocarbonyl (C=S) groups is 1. The Morgan fingerprint density at radius 2 is 1.96 bits per heavy atom. The van der Waals surface area contributed by atoms with Crippen molar-refractivity contribution in [1.29, 1.82) is 0 Å². The molecule has 1 unspecified atom stereocenters. The Hall–Kier alpha value is -2.67. The van der Waals surface area contributed by atoms with Crippen LogP contribution in [0.3, 0.4) is 0 Å². The standard InChI is InChI=1S/C20H22FN3O2S/c1-12-4-5-13-10-16(18(26-3)11-17(13)24(2)19(12)25)23-20(27)22-15-8-6-14(21)7-9-15/h6-12H,4-5H2,1-3H3,(H2,22,23,27). The van der Waals surface area contributed by atoms with Gasteiger partial charge < -0.3 is 20.3 Å². The minimum atomic E-state index is -0.306. The van der Waals surface area contributed by atoms with E-state index >= 15 is 0 Å². The van der Waals surface area contributed by atoms with Crippen LogP contribution in [-0.4, -0.2) is 25.2 Å². The average molecular weight is 387 g/mol. The number of hydrogen-bond acceptors (Lipinski definition) is 3. The number of anilines is 3. The lowest BCUT2D eigenvalue weighted by atomic mass is 10.0. The molecule has 2 aromatic rings. The molecule has 0 fully saturated rings. The van der Waals surface area contributed by atoms with E-state index in [-0.39, 0.29) is 17.6 Å². The van der Waals surface area contributed by atoms with E-state index in [2.05, 4.69) is 10.6 Å². The van der Waals surface area contributed by atoms with E-state index in [1.165, 1.54) is 12.1 Å². The van der Waals surface area contributed by atoms with Crippen molar-refractivity contribution < 1.29 is 13.9 Å². The minimum Gasteiger partial charge on any atom is -0.494 e. The zero-order chi connectivity index (χ0) is 19.6. The predicted molar refractivity (Wildman–Crippen MR) is 110 cm³/mol. The van der Waals surface area contributed by atoms with Crippen LogP contribution in [0.4, 0.5) is 21.5 Å². The maximum Gasteiger partial charge on any atom is 0.229 e. The first kappa shape index (κ1) is 19.1. The lowest BCUT2D eigenvalue weighted by molar-refractivity contribution is -0.121. The number of aryl methyl sites for hydroxylation is 1. The number of benzene rings is 2. The van der Waals surface area contributed by atoms with Gasteiger partial charge in [0.05, 0.1) is 18.5 Å². The van der Waals surface area contributed by atoms with Crippen LogP contribution in [0, 0.1) is 11.7 Å². The molecule has 5 nitrogen and oxygen atoms in total. The Kier molecular flexibility index (Phi) is 5.60. The number of ether oxygens (including phenoxy) is 1. The molecule has 0 saturated carbocycles. The number of nitrogens with zero attached hydrogens (tertiary/aromatic N) is 1. The normalized spacial score (nSPS) is 16.4. The summed E-state index contributed by atoms with van der Waals surface area (Å²) in [7, 11) is 3.36. The summed E-state index contributed by atoms with van der Waals surface area (Å²) >= 11 is 5.36. The SMILES string of the molecule is COc1cc2c(cc1NC(=S)Nc1ccc(F)cc1)CCC(C)C(=O)N2C. The van der Waals surface area contributed by atoms with Crippen LogP contribution >= 0.6 is 12.2 Å². The second-order valence-electron chi connectivity index (χ2n) is 6.60. The fourth-order valence-electron chi connectivity index (χ4n) is 3.16. The van der Waals surface area contributed by atoms with Crippen molar-refractivity contribution >= 4 is 40.3 Å². The third-order valence-corrected chi connectivity index (χ3v) is 4.92. The Bertz CT molecular complexity index is 870. The lowest BCUT2D eigenvalue weighted by Gasteiger charge is -2.22. The van der Waals surface area contributed by atoms with Crippen molar-refractivity contribution in [3.8, 4) is 5.75 Å². The van der Waals surface area contributed by atoms with E-state index in [9.17, 15) is 9.18 Å². The Morgan fingerprint density at radius 1 is 1.26 bits per heavy atom. The largest absolute Gasteiger partial charge is 0.494 e. The zero-order valence-electron chi connectivity index (χ0n) is 15.5. The molecule has 2 aromatic carbocycles. The molecule has 1 aliphatic rings. The van der Waals surface area contributed by atoms with Gasteiger partial charge in [-0.3, -0.25) is 4.79 Å². The number of methoxy groups -OCH3 is 1. The van der Waals surface area contributed by atoms with Gasteiger partial charge in [-0.15, -0.1) is 0 Å². The number of carbonyl (C=O) groups is 1. The Labute approximate surface area is 163 Å². The molecule has 1 amide bonds. The van der Waals surface area contributed by atoms with Crippen molar-refractivity contribution in [2.24, 2.45) is 5.92 Å². The Morgan fingerprint density at radius 3 is 2.63 bits per heavy atom. The van der Waals surface area contributed by atoms with E-state index in [4.69, 9.17) is 17.0 Å². The first-order chi connectivity index (χ1) is 12.9. The zero-order valence-corrected chi connectivity index (χ0v) is 16.3. The molecular weight excluding hydrogens is 365 g/mol. The maximum atomic E-state index is 13.0. The van der Waals surface area contributed by atoms with Crippen molar-refractivity contribution in [3.05, 3.63) is 47.8 Å². The number of amides is 1. The summed E-state index contributed by atoms with van der Waals surface area (Å²) in [6.45, 7) is 1.95. The van der Waals surface area contributed by atoms with Crippen LogP contribution in [0.2, 0.25) is 0 Å². The molecule has 2 N–H and O–H groups in total. The lowest BCUT2D eigenvalue weighted by Crippen LogP contribution is -2.30. The van der Waals surface area contributed by atoms with Crippen molar-refractivity contribution in [2.45, 2.75) is 19.8 Å². The van der Waals surface area contributed by atoms with Gasteiger partial charge in [0.25, 0.3) is 0 Å². The second-order valence-corrected chi connectivity index (χ2v) is 7.01. The molecule has 0 saturated heterocycles. The molecule has 27 heavy (non-hydrogen) atoms. The molecule has 1 heterocycles. The van der Waals surface area contributed by atoms with E-state index in [0.29, 0.717) is 22.2 Å². The first-order valence-electron chi connectivity index (χ1n) is 8.71. The van der Waals surface area contributed by atoms with Crippen LogP contribution in [0.5, 0.6) is 5.75 Å². The van der Waals surface area contributed by atoms with Gasteiger partial charge in [-0.25, -0.2) is 4.39 Å². The van der Waals surface area contributed by atoms with Gasteiger partial charge in [0, 0.05) is 24.7 Å². The fraction of sp³-hybridized carbons (Fsp3) is 0.300. The second kappa shape index (κ2) is 7.92. The molecule has 142 valence electrons.